The van der Waals surface area contributed by atoms with Crippen molar-refractivity contribution in [1.82, 2.24) is 4.90 Å². The van der Waals surface area contributed by atoms with Gasteiger partial charge in [0.25, 0.3) is 0 Å². The standard InChI is InChI=1S/C13H18N2O2/c14-11-3-1-2-10(8-11)9-13(17)15(6-7-16)12-4-5-12/h1-3,8,12,16H,4-7,9,14H2. The number of amides is 1. The van der Waals surface area contributed by atoms with E-state index < -0.39 is 0 Å². The van der Waals surface area contributed by atoms with E-state index in [-0.39, 0.29) is 12.5 Å². The van der Waals surface area contributed by atoms with Crippen molar-refractivity contribution in [3.63, 3.8) is 0 Å². The topological polar surface area (TPSA) is 66.6 Å². The number of anilines is 1. The van der Waals surface area contributed by atoms with Gasteiger partial charge in [-0.3, -0.25) is 4.79 Å². The predicted molar refractivity (Wildman–Crippen MR) is 66.4 cm³/mol. The van der Waals surface area contributed by atoms with Crippen LogP contribution < -0.4 is 5.73 Å². The summed E-state index contributed by atoms with van der Waals surface area (Å²) < 4.78 is 0. The zero-order valence-corrected chi connectivity index (χ0v) is 9.80. The summed E-state index contributed by atoms with van der Waals surface area (Å²) in [6, 6.07) is 7.72. The van der Waals surface area contributed by atoms with Crippen LogP contribution >= 0.6 is 0 Å². The summed E-state index contributed by atoms with van der Waals surface area (Å²) in [5.41, 5.74) is 7.28. The molecule has 1 aliphatic rings. The van der Waals surface area contributed by atoms with E-state index in [9.17, 15) is 4.79 Å². The highest BCUT2D eigenvalue weighted by atomic mass is 16.3. The molecule has 1 aromatic rings. The molecule has 1 aromatic carbocycles. The maximum atomic E-state index is 12.1. The number of carbonyl (C=O) groups is 1. The summed E-state index contributed by atoms with van der Waals surface area (Å²) in [5.74, 6) is 0.0761. The summed E-state index contributed by atoms with van der Waals surface area (Å²) in [7, 11) is 0. The Morgan fingerprint density at radius 2 is 2.24 bits per heavy atom. The van der Waals surface area contributed by atoms with Crippen molar-refractivity contribution < 1.29 is 9.90 Å². The van der Waals surface area contributed by atoms with Crippen molar-refractivity contribution in [3.05, 3.63) is 29.8 Å². The Morgan fingerprint density at radius 1 is 1.47 bits per heavy atom. The van der Waals surface area contributed by atoms with Crippen molar-refractivity contribution in [2.75, 3.05) is 18.9 Å². The Morgan fingerprint density at radius 3 is 2.82 bits per heavy atom. The lowest BCUT2D eigenvalue weighted by molar-refractivity contribution is -0.131. The number of nitrogens with two attached hydrogens (primary N) is 1. The van der Waals surface area contributed by atoms with Crippen LogP contribution in [0.25, 0.3) is 0 Å². The first-order valence-electron chi connectivity index (χ1n) is 5.95. The number of nitrogens with zero attached hydrogens (tertiary/aromatic N) is 1. The molecule has 4 nitrogen and oxygen atoms in total. The second kappa shape index (κ2) is 5.19. The molecular formula is C13H18N2O2. The van der Waals surface area contributed by atoms with E-state index >= 15 is 0 Å². The number of hydrogen-bond acceptors (Lipinski definition) is 3. The lowest BCUT2D eigenvalue weighted by Crippen LogP contribution is -2.36. The maximum Gasteiger partial charge on any atom is 0.227 e. The number of benzene rings is 1. The molecule has 4 heteroatoms. The third-order valence-electron chi connectivity index (χ3n) is 2.96. The van der Waals surface area contributed by atoms with Gasteiger partial charge in [-0.1, -0.05) is 12.1 Å². The Hall–Kier alpha value is -1.55. The minimum atomic E-state index is 0.0270. The van der Waals surface area contributed by atoms with Crippen LogP contribution in [0.3, 0.4) is 0 Å². The fraction of sp³-hybridized carbons (Fsp3) is 0.462. The van der Waals surface area contributed by atoms with Gasteiger partial charge in [-0.05, 0) is 30.5 Å². The second-order valence-corrected chi connectivity index (χ2v) is 4.46. The highest BCUT2D eigenvalue weighted by Gasteiger charge is 2.31. The van der Waals surface area contributed by atoms with E-state index in [1.807, 2.05) is 18.2 Å². The molecule has 17 heavy (non-hydrogen) atoms. The van der Waals surface area contributed by atoms with Crippen molar-refractivity contribution in [2.24, 2.45) is 0 Å². The number of nitrogen functional groups attached to an aromatic ring is 1. The molecule has 0 saturated heterocycles. The van der Waals surface area contributed by atoms with Crippen LogP contribution in [0.4, 0.5) is 5.69 Å². The van der Waals surface area contributed by atoms with Gasteiger partial charge in [0.05, 0.1) is 13.0 Å². The molecule has 2 rings (SSSR count). The number of carbonyl (C=O) groups excluding carboxylic acids is 1. The van der Waals surface area contributed by atoms with Gasteiger partial charge in [0.2, 0.25) is 5.91 Å². The van der Waals surface area contributed by atoms with Gasteiger partial charge in [-0.25, -0.2) is 0 Å². The Kier molecular flexibility index (Phi) is 3.64. The van der Waals surface area contributed by atoms with Crippen LogP contribution in [0, 0.1) is 0 Å². The summed E-state index contributed by atoms with van der Waals surface area (Å²) in [6.07, 6.45) is 2.48. The van der Waals surface area contributed by atoms with Crippen molar-refractivity contribution in [1.29, 1.82) is 0 Å². The fourth-order valence-corrected chi connectivity index (χ4v) is 1.98. The maximum absolute atomic E-state index is 12.1. The van der Waals surface area contributed by atoms with E-state index in [0.717, 1.165) is 18.4 Å². The van der Waals surface area contributed by atoms with E-state index in [4.69, 9.17) is 10.8 Å². The van der Waals surface area contributed by atoms with Crippen LogP contribution in [0.1, 0.15) is 18.4 Å². The fourth-order valence-electron chi connectivity index (χ4n) is 1.98. The zero-order valence-electron chi connectivity index (χ0n) is 9.80. The average molecular weight is 234 g/mol. The highest BCUT2D eigenvalue weighted by molar-refractivity contribution is 5.79. The molecule has 1 saturated carbocycles. The smallest absolute Gasteiger partial charge is 0.227 e. The van der Waals surface area contributed by atoms with E-state index in [1.54, 1.807) is 11.0 Å². The molecule has 92 valence electrons. The third kappa shape index (κ3) is 3.20. The molecule has 0 radical (unpaired) electrons. The van der Waals surface area contributed by atoms with E-state index in [1.165, 1.54) is 0 Å². The Bertz CT molecular complexity index is 402. The molecule has 3 N–H and O–H groups in total. The van der Waals surface area contributed by atoms with Crippen molar-refractivity contribution >= 4 is 11.6 Å². The lowest BCUT2D eigenvalue weighted by Gasteiger charge is -2.21. The largest absolute Gasteiger partial charge is 0.399 e. The molecule has 0 heterocycles. The molecule has 0 bridgehead atoms. The first-order chi connectivity index (χ1) is 8.20. The summed E-state index contributed by atoms with van der Waals surface area (Å²) in [5, 5.41) is 8.96. The average Bonchev–Trinajstić information content (AvgIpc) is 3.09. The monoisotopic (exact) mass is 234 g/mol. The van der Waals surface area contributed by atoms with Gasteiger partial charge >= 0.3 is 0 Å². The summed E-state index contributed by atoms with van der Waals surface area (Å²) in [4.78, 5) is 13.9. The van der Waals surface area contributed by atoms with Gasteiger partial charge in [-0.15, -0.1) is 0 Å². The normalized spacial score (nSPS) is 14.6. The van der Waals surface area contributed by atoms with Gasteiger partial charge < -0.3 is 15.7 Å². The number of aliphatic hydroxyl groups excluding tert-OH is 1. The molecule has 1 fully saturated rings. The molecule has 0 aromatic heterocycles. The molecule has 1 amide bonds. The quantitative estimate of drug-likeness (QED) is 0.740. The van der Waals surface area contributed by atoms with Crippen molar-refractivity contribution in [2.45, 2.75) is 25.3 Å². The van der Waals surface area contributed by atoms with Crippen molar-refractivity contribution in [3.8, 4) is 0 Å². The van der Waals surface area contributed by atoms with E-state index in [2.05, 4.69) is 0 Å². The number of hydrogen-bond donors (Lipinski definition) is 2. The Balaban J connectivity index is 1.99. The minimum absolute atomic E-state index is 0.0270. The lowest BCUT2D eigenvalue weighted by atomic mass is 10.1. The van der Waals surface area contributed by atoms with Gasteiger partial charge in [-0.2, -0.15) is 0 Å². The summed E-state index contributed by atoms with van der Waals surface area (Å²) >= 11 is 0. The molecule has 0 spiro atoms. The number of rotatable bonds is 5. The molecule has 0 unspecified atom stereocenters. The molecule has 1 aliphatic carbocycles. The molecule has 0 atom stereocenters. The van der Waals surface area contributed by atoms with Crippen LogP contribution in [-0.4, -0.2) is 35.1 Å². The first-order valence-corrected chi connectivity index (χ1v) is 5.95. The summed E-state index contributed by atoms with van der Waals surface area (Å²) in [6.45, 7) is 0.463. The zero-order chi connectivity index (χ0) is 12.3. The second-order valence-electron chi connectivity index (χ2n) is 4.46. The van der Waals surface area contributed by atoms with Gasteiger partial charge in [0, 0.05) is 18.3 Å². The first kappa shape index (κ1) is 11.9. The highest BCUT2D eigenvalue weighted by Crippen LogP contribution is 2.27. The minimum Gasteiger partial charge on any atom is -0.399 e. The molecular weight excluding hydrogens is 216 g/mol. The van der Waals surface area contributed by atoms with Crippen LogP contribution in [0.15, 0.2) is 24.3 Å². The predicted octanol–water partition coefficient (Wildman–Crippen LogP) is 0.795. The van der Waals surface area contributed by atoms with E-state index in [0.29, 0.717) is 24.7 Å². The van der Waals surface area contributed by atoms with Gasteiger partial charge in [0.1, 0.15) is 0 Å². The Labute approximate surface area is 101 Å². The van der Waals surface area contributed by atoms with Gasteiger partial charge in [0.15, 0.2) is 0 Å². The van der Waals surface area contributed by atoms with Crippen LogP contribution in [0.5, 0.6) is 0 Å². The molecule has 0 aliphatic heterocycles. The SMILES string of the molecule is Nc1cccc(CC(=O)N(CCO)C2CC2)c1. The number of aliphatic hydroxyl groups is 1. The van der Waals surface area contributed by atoms with Crippen LogP contribution in [0.2, 0.25) is 0 Å². The van der Waals surface area contributed by atoms with Crippen LogP contribution in [-0.2, 0) is 11.2 Å². The third-order valence-corrected chi connectivity index (χ3v) is 2.96.